The van der Waals surface area contributed by atoms with Crippen LogP contribution in [0.15, 0.2) is 85.2 Å². The van der Waals surface area contributed by atoms with Gasteiger partial charge in [0.2, 0.25) is 0 Å². The van der Waals surface area contributed by atoms with Gasteiger partial charge in [0.25, 0.3) is 0 Å². The molecule has 212 valence electrons. The molecule has 0 radical (unpaired) electrons. The van der Waals surface area contributed by atoms with Crippen LogP contribution in [0.4, 0.5) is 0 Å². The molecule has 5 rings (SSSR count). The number of rotatable bonds is 11. The minimum Gasteiger partial charge on any atom is -0.487 e. The molecule has 0 unspecified atom stereocenters. The Hall–Kier alpha value is -5.16. The van der Waals surface area contributed by atoms with E-state index in [9.17, 15) is 10.1 Å². The number of carbonyl (C=O) groups excluding carboxylic acids is 1. The number of aromatic nitrogens is 3. The highest BCUT2D eigenvalue weighted by Gasteiger charge is 2.18. The van der Waals surface area contributed by atoms with Crippen LogP contribution in [0.1, 0.15) is 49.2 Å². The quantitative estimate of drug-likeness (QED) is 0.164. The number of para-hydroxylation sites is 2. The summed E-state index contributed by atoms with van der Waals surface area (Å²) in [5, 5.41) is 15.7. The molecule has 42 heavy (non-hydrogen) atoms. The van der Waals surface area contributed by atoms with Gasteiger partial charge in [-0.05, 0) is 56.7 Å². The van der Waals surface area contributed by atoms with Crippen LogP contribution in [0.5, 0.6) is 11.5 Å². The fourth-order valence-corrected chi connectivity index (χ4v) is 4.82. The summed E-state index contributed by atoms with van der Waals surface area (Å²) < 4.78 is 19.6. The first-order valence-electron chi connectivity index (χ1n) is 13.9. The van der Waals surface area contributed by atoms with Gasteiger partial charge in [-0.1, -0.05) is 42.5 Å². The SMILES string of the molecule is CCOC(=O)Cc1ccccc1OCc1nn(C(C)C)c2ccc(-c3cccc(C#N)c3OCc3cccnc3)cc12. The number of esters is 1. The molecule has 0 spiro atoms. The van der Waals surface area contributed by atoms with Crippen molar-refractivity contribution in [2.45, 2.75) is 46.4 Å². The Morgan fingerprint density at radius 2 is 1.86 bits per heavy atom. The fourth-order valence-electron chi connectivity index (χ4n) is 4.82. The summed E-state index contributed by atoms with van der Waals surface area (Å²) in [6.07, 6.45) is 3.59. The topological polar surface area (TPSA) is 99.3 Å². The number of benzene rings is 3. The lowest BCUT2D eigenvalue weighted by molar-refractivity contribution is -0.142. The van der Waals surface area contributed by atoms with E-state index < -0.39 is 0 Å². The average molecular weight is 561 g/mol. The second kappa shape index (κ2) is 13.0. The van der Waals surface area contributed by atoms with Gasteiger partial charge in [-0.15, -0.1) is 0 Å². The van der Waals surface area contributed by atoms with E-state index in [-0.39, 0.29) is 31.6 Å². The van der Waals surface area contributed by atoms with Crippen molar-refractivity contribution in [1.29, 1.82) is 5.26 Å². The number of hydrogen-bond acceptors (Lipinski definition) is 7. The summed E-state index contributed by atoms with van der Waals surface area (Å²) >= 11 is 0. The lowest BCUT2D eigenvalue weighted by Crippen LogP contribution is -2.09. The van der Waals surface area contributed by atoms with E-state index in [2.05, 4.69) is 31.0 Å². The lowest BCUT2D eigenvalue weighted by Gasteiger charge is -2.14. The second-order valence-corrected chi connectivity index (χ2v) is 10.0. The Kier molecular flexibility index (Phi) is 8.78. The molecule has 0 atom stereocenters. The Bertz CT molecular complexity index is 1740. The summed E-state index contributed by atoms with van der Waals surface area (Å²) in [5.41, 5.74) is 5.57. The highest BCUT2D eigenvalue weighted by molar-refractivity contribution is 5.89. The minimum atomic E-state index is -0.297. The highest BCUT2D eigenvalue weighted by Crippen LogP contribution is 2.36. The summed E-state index contributed by atoms with van der Waals surface area (Å²) in [4.78, 5) is 16.3. The largest absolute Gasteiger partial charge is 0.487 e. The van der Waals surface area contributed by atoms with Crippen LogP contribution >= 0.6 is 0 Å². The smallest absolute Gasteiger partial charge is 0.310 e. The van der Waals surface area contributed by atoms with Crippen LogP contribution in [0.2, 0.25) is 0 Å². The average Bonchev–Trinajstić information content (AvgIpc) is 3.38. The number of nitrogens with zero attached hydrogens (tertiary/aromatic N) is 4. The Morgan fingerprint density at radius 3 is 2.62 bits per heavy atom. The standard InChI is InChI=1S/C34H32N4O4/c1-4-40-33(39)18-26-10-5-6-13-32(26)41-22-30-29-17-25(14-15-31(29)38(37-30)23(2)3)28-12-7-11-27(19-35)34(28)42-21-24-9-8-16-36-20-24/h5-17,20,23H,4,18,21-22H2,1-3H3. The zero-order valence-electron chi connectivity index (χ0n) is 23.9. The molecule has 0 aliphatic rings. The number of fused-ring (bicyclic) bond motifs is 1. The van der Waals surface area contributed by atoms with Crippen LogP contribution in [0.25, 0.3) is 22.0 Å². The third kappa shape index (κ3) is 6.26. The highest BCUT2D eigenvalue weighted by atomic mass is 16.5. The fraction of sp³-hybridized carbons (Fsp3) is 0.235. The maximum atomic E-state index is 12.1. The van der Waals surface area contributed by atoms with Gasteiger partial charge >= 0.3 is 5.97 Å². The van der Waals surface area contributed by atoms with Crippen molar-refractivity contribution >= 4 is 16.9 Å². The number of carbonyl (C=O) groups is 1. The molecule has 0 bridgehead atoms. The second-order valence-electron chi connectivity index (χ2n) is 10.0. The molecule has 0 N–H and O–H groups in total. The van der Waals surface area contributed by atoms with Gasteiger partial charge in [0.1, 0.15) is 36.5 Å². The molecule has 5 aromatic rings. The zero-order valence-corrected chi connectivity index (χ0v) is 23.9. The van der Waals surface area contributed by atoms with E-state index in [0.717, 1.165) is 38.9 Å². The minimum absolute atomic E-state index is 0.128. The van der Waals surface area contributed by atoms with Crippen molar-refractivity contribution in [3.63, 3.8) is 0 Å². The predicted molar refractivity (Wildman–Crippen MR) is 160 cm³/mol. The Balaban J connectivity index is 1.49. The van der Waals surface area contributed by atoms with Crippen molar-refractivity contribution in [2.75, 3.05) is 6.61 Å². The number of nitriles is 1. The monoisotopic (exact) mass is 560 g/mol. The number of pyridine rings is 1. The van der Waals surface area contributed by atoms with Crippen LogP contribution in [0.3, 0.4) is 0 Å². The summed E-state index contributed by atoms with van der Waals surface area (Å²) in [5.74, 6) is 0.834. The van der Waals surface area contributed by atoms with Crippen LogP contribution in [0, 0.1) is 11.3 Å². The summed E-state index contributed by atoms with van der Waals surface area (Å²) in [7, 11) is 0. The van der Waals surface area contributed by atoms with E-state index in [4.69, 9.17) is 19.3 Å². The van der Waals surface area contributed by atoms with Gasteiger partial charge in [-0.3, -0.25) is 14.5 Å². The maximum absolute atomic E-state index is 12.1. The van der Waals surface area contributed by atoms with Gasteiger partial charge in [-0.25, -0.2) is 0 Å². The molecule has 2 heterocycles. The van der Waals surface area contributed by atoms with Crippen molar-refractivity contribution in [1.82, 2.24) is 14.8 Å². The molecule has 8 nitrogen and oxygen atoms in total. The van der Waals surface area contributed by atoms with Crippen molar-refractivity contribution < 1.29 is 19.0 Å². The first-order chi connectivity index (χ1) is 20.5. The van der Waals surface area contributed by atoms with E-state index in [1.807, 2.05) is 65.3 Å². The first kappa shape index (κ1) is 28.4. The molecular formula is C34H32N4O4. The van der Waals surface area contributed by atoms with Gasteiger partial charge in [0.15, 0.2) is 0 Å². The van der Waals surface area contributed by atoms with Crippen molar-refractivity contribution in [3.05, 3.63) is 108 Å². The van der Waals surface area contributed by atoms with Crippen LogP contribution < -0.4 is 9.47 Å². The molecule has 0 saturated heterocycles. The molecule has 0 fully saturated rings. The van der Waals surface area contributed by atoms with Gasteiger partial charge < -0.3 is 14.2 Å². The molecule has 0 aliphatic heterocycles. The molecule has 8 heteroatoms. The van der Waals surface area contributed by atoms with Crippen molar-refractivity contribution in [2.24, 2.45) is 0 Å². The van der Waals surface area contributed by atoms with E-state index >= 15 is 0 Å². The third-order valence-corrected chi connectivity index (χ3v) is 6.80. The number of ether oxygens (including phenoxy) is 3. The molecule has 0 saturated carbocycles. The van der Waals surface area contributed by atoms with E-state index in [1.54, 1.807) is 25.4 Å². The molecule has 2 aromatic heterocycles. The van der Waals surface area contributed by atoms with Crippen LogP contribution in [-0.2, 0) is 29.2 Å². The molecule has 0 aliphatic carbocycles. The van der Waals surface area contributed by atoms with Crippen molar-refractivity contribution in [3.8, 4) is 28.7 Å². The third-order valence-electron chi connectivity index (χ3n) is 6.80. The lowest BCUT2D eigenvalue weighted by atomic mass is 9.99. The zero-order chi connectivity index (χ0) is 29.5. The van der Waals surface area contributed by atoms with Gasteiger partial charge in [-0.2, -0.15) is 10.4 Å². The number of hydrogen-bond donors (Lipinski definition) is 0. The first-order valence-corrected chi connectivity index (χ1v) is 13.9. The maximum Gasteiger partial charge on any atom is 0.310 e. The summed E-state index contributed by atoms with van der Waals surface area (Å²) in [6, 6.07) is 25.3. The molecule has 0 amide bonds. The normalized spacial score (nSPS) is 10.9. The van der Waals surface area contributed by atoms with E-state index in [1.165, 1.54) is 0 Å². The Labute approximate surface area is 245 Å². The van der Waals surface area contributed by atoms with Gasteiger partial charge in [0.05, 0.1) is 24.1 Å². The molecular weight excluding hydrogens is 528 g/mol. The van der Waals surface area contributed by atoms with E-state index in [0.29, 0.717) is 23.7 Å². The summed E-state index contributed by atoms with van der Waals surface area (Å²) in [6.45, 7) is 6.79. The van der Waals surface area contributed by atoms with Crippen LogP contribution in [-0.4, -0.2) is 27.3 Å². The predicted octanol–water partition coefficient (Wildman–Crippen LogP) is 6.81. The van der Waals surface area contributed by atoms with Gasteiger partial charge in [0, 0.05) is 40.5 Å². The molecule has 3 aromatic carbocycles. The Morgan fingerprint density at radius 1 is 1.00 bits per heavy atom.